The Morgan fingerprint density at radius 3 is 2.56 bits per heavy atom. The number of benzene rings is 2. The zero-order valence-electron chi connectivity index (χ0n) is 13.5. The van der Waals surface area contributed by atoms with E-state index in [2.05, 4.69) is 15.9 Å². The number of anilines is 1. The van der Waals surface area contributed by atoms with Crippen LogP contribution in [0.15, 0.2) is 53.0 Å². The minimum atomic E-state index is -0.635. The lowest BCUT2D eigenvalue weighted by molar-refractivity contribution is -0.127. The second-order valence-electron chi connectivity index (χ2n) is 5.60. The van der Waals surface area contributed by atoms with Crippen LogP contribution in [0, 0.1) is 5.82 Å². The van der Waals surface area contributed by atoms with Crippen LogP contribution in [0.1, 0.15) is 6.92 Å². The van der Waals surface area contributed by atoms with E-state index < -0.39 is 17.9 Å². The molecule has 1 aliphatic rings. The van der Waals surface area contributed by atoms with Gasteiger partial charge >= 0.3 is 6.03 Å². The van der Waals surface area contributed by atoms with Crippen LogP contribution in [-0.2, 0) is 4.79 Å². The minimum absolute atomic E-state index is 0.145. The van der Waals surface area contributed by atoms with Crippen molar-refractivity contribution in [2.45, 2.75) is 13.0 Å². The average Bonchev–Trinajstić information content (AvgIpc) is 2.79. The first-order valence-electron chi connectivity index (χ1n) is 7.76. The third kappa shape index (κ3) is 3.66. The molecule has 0 N–H and O–H groups in total. The van der Waals surface area contributed by atoms with Crippen molar-refractivity contribution in [3.8, 4) is 5.75 Å². The first-order valence-corrected chi connectivity index (χ1v) is 8.55. The number of imide groups is 1. The molecule has 5 nitrogen and oxygen atoms in total. The van der Waals surface area contributed by atoms with Gasteiger partial charge in [-0.1, -0.05) is 22.0 Å². The average molecular weight is 407 g/mol. The SMILES string of the molecule is CC1C(=O)N(CCOc2cccc(Br)c2)C(=O)N1c1ccc(F)cc1. The van der Waals surface area contributed by atoms with E-state index in [9.17, 15) is 14.0 Å². The molecule has 0 aliphatic carbocycles. The molecule has 7 heteroatoms. The number of hydrogen-bond acceptors (Lipinski definition) is 3. The predicted octanol–water partition coefficient (Wildman–Crippen LogP) is 3.82. The van der Waals surface area contributed by atoms with Crippen molar-refractivity contribution in [2.24, 2.45) is 0 Å². The Bertz CT molecular complexity index is 797. The Morgan fingerprint density at radius 2 is 1.88 bits per heavy atom. The maximum absolute atomic E-state index is 13.1. The normalized spacial score (nSPS) is 17.3. The summed E-state index contributed by atoms with van der Waals surface area (Å²) in [5.41, 5.74) is 0.489. The summed E-state index contributed by atoms with van der Waals surface area (Å²) in [5, 5.41) is 0. The molecular formula is C18H16BrFN2O3. The summed E-state index contributed by atoms with van der Waals surface area (Å²) in [5.74, 6) is -0.0438. The largest absolute Gasteiger partial charge is 0.492 e. The Balaban J connectivity index is 1.67. The molecular weight excluding hydrogens is 391 g/mol. The van der Waals surface area contributed by atoms with Gasteiger partial charge in [0.15, 0.2) is 0 Å². The fourth-order valence-corrected chi connectivity index (χ4v) is 3.06. The van der Waals surface area contributed by atoms with Crippen molar-refractivity contribution in [3.63, 3.8) is 0 Å². The number of nitrogens with zero attached hydrogens (tertiary/aromatic N) is 2. The van der Waals surface area contributed by atoms with Gasteiger partial charge in [0.1, 0.15) is 24.2 Å². The summed E-state index contributed by atoms with van der Waals surface area (Å²) in [6.45, 7) is 1.99. The Morgan fingerprint density at radius 1 is 1.16 bits per heavy atom. The molecule has 1 unspecified atom stereocenters. The summed E-state index contributed by atoms with van der Waals surface area (Å²) in [6, 6.07) is 11.7. The highest BCUT2D eigenvalue weighted by Gasteiger charge is 2.43. The molecule has 2 aromatic rings. The van der Waals surface area contributed by atoms with Crippen LogP contribution in [0.5, 0.6) is 5.75 Å². The summed E-state index contributed by atoms with van der Waals surface area (Å²) in [7, 11) is 0. The number of amides is 3. The number of hydrogen-bond donors (Lipinski definition) is 0. The van der Waals surface area contributed by atoms with Crippen molar-refractivity contribution in [3.05, 3.63) is 58.8 Å². The van der Waals surface area contributed by atoms with Crippen LogP contribution < -0.4 is 9.64 Å². The highest BCUT2D eigenvalue weighted by molar-refractivity contribution is 9.10. The monoisotopic (exact) mass is 406 g/mol. The summed E-state index contributed by atoms with van der Waals surface area (Å²) < 4.78 is 19.6. The van der Waals surface area contributed by atoms with Gasteiger partial charge in [0.05, 0.1) is 6.54 Å². The molecule has 0 aromatic heterocycles. The number of carbonyl (C=O) groups is 2. The van der Waals surface area contributed by atoms with E-state index in [1.807, 2.05) is 12.1 Å². The summed E-state index contributed by atoms with van der Waals surface area (Å²) >= 11 is 3.35. The molecule has 130 valence electrons. The number of halogens is 2. The molecule has 2 aromatic carbocycles. The Kier molecular flexibility index (Phi) is 5.03. The predicted molar refractivity (Wildman–Crippen MR) is 95.1 cm³/mol. The molecule has 0 spiro atoms. The molecule has 3 rings (SSSR count). The van der Waals surface area contributed by atoms with Crippen molar-refractivity contribution < 1.29 is 18.7 Å². The van der Waals surface area contributed by atoms with Crippen LogP contribution in [0.2, 0.25) is 0 Å². The van der Waals surface area contributed by atoms with E-state index in [1.165, 1.54) is 29.2 Å². The first kappa shape index (κ1) is 17.4. The van der Waals surface area contributed by atoms with E-state index in [0.29, 0.717) is 11.4 Å². The van der Waals surface area contributed by atoms with E-state index in [-0.39, 0.29) is 19.1 Å². The molecule has 1 fully saturated rings. The van der Waals surface area contributed by atoms with Gasteiger partial charge in [-0.05, 0) is 49.4 Å². The zero-order chi connectivity index (χ0) is 18.0. The second kappa shape index (κ2) is 7.23. The van der Waals surface area contributed by atoms with Crippen LogP contribution in [0.4, 0.5) is 14.9 Å². The molecule has 1 heterocycles. The van der Waals surface area contributed by atoms with Gasteiger partial charge in [0.2, 0.25) is 0 Å². The van der Waals surface area contributed by atoms with Gasteiger partial charge in [-0.3, -0.25) is 14.6 Å². The fraction of sp³-hybridized carbons (Fsp3) is 0.222. The van der Waals surface area contributed by atoms with Crippen LogP contribution >= 0.6 is 15.9 Å². The van der Waals surface area contributed by atoms with Crippen molar-refractivity contribution in [1.82, 2.24) is 4.90 Å². The molecule has 3 amide bonds. The number of urea groups is 1. The van der Waals surface area contributed by atoms with Crippen molar-refractivity contribution >= 4 is 33.6 Å². The molecule has 1 atom stereocenters. The number of ether oxygens (including phenoxy) is 1. The van der Waals surface area contributed by atoms with Gasteiger partial charge in [-0.25, -0.2) is 9.18 Å². The van der Waals surface area contributed by atoms with Crippen molar-refractivity contribution in [1.29, 1.82) is 0 Å². The fourth-order valence-electron chi connectivity index (χ4n) is 2.68. The lowest BCUT2D eigenvalue weighted by Crippen LogP contribution is -2.36. The lowest BCUT2D eigenvalue weighted by Gasteiger charge is -2.19. The molecule has 1 aliphatic heterocycles. The van der Waals surface area contributed by atoms with Gasteiger partial charge in [0.25, 0.3) is 5.91 Å². The highest BCUT2D eigenvalue weighted by Crippen LogP contribution is 2.26. The highest BCUT2D eigenvalue weighted by atomic mass is 79.9. The zero-order valence-corrected chi connectivity index (χ0v) is 15.1. The maximum atomic E-state index is 13.1. The quantitative estimate of drug-likeness (QED) is 0.709. The molecule has 0 radical (unpaired) electrons. The van der Waals surface area contributed by atoms with E-state index >= 15 is 0 Å². The Labute approximate surface area is 153 Å². The number of carbonyl (C=O) groups excluding carboxylic acids is 2. The first-order chi connectivity index (χ1) is 12.0. The Hall–Kier alpha value is -2.41. The number of rotatable bonds is 5. The summed E-state index contributed by atoms with van der Waals surface area (Å²) in [6.07, 6.45) is 0. The van der Waals surface area contributed by atoms with Gasteiger partial charge in [-0.15, -0.1) is 0 Å². The van der Waals surface area contributed by atoms with Gasteiger partial charge < -0.3 is 4.74 Å². The molecule has 25 heavy (non-hydrogen) atoms. The molecule has 0 saturated carbocycles. The third-order valence-corrected chi connectivity index (χ3v) is 4.43. The van der Waals surface area contributed by atoms with E-state index in [0.717, 1.165) is 9.37 Å². The molecule has 1 saturated heterocycles. The van der Waals surface area contributed by atoms with Gasteiger partial charge in [-0.2, -0.15) is 0 Å². The maximum Gasteiger partial charge on any atom is 0.332 e. The van der Waals surface area contributed by atoms with E-state index in [1.54, 1.807) is 19.1 Å². The van der Waals surface area contributed by atoms with E-state index in [4.69, 9.17) is 4.74 Å². The smallest absolute Gasteiger partial charge is 0.332 e. The van der Waals surface area contributed by atoms with Crippen LogP contribution in [0.3, 0.4) is 0 Å². The second-order valence-corrected chi connectivity index (χ2v) is 6.52. The van der Waals surface area contributed by atoms with Crippen molar-refractivity contribution in [2.75, 3.05) is 18.1 Å². The topological polar surface area (TPSA) is 49.9 Å². The lowest BCUT2D eigenvalue weighted by atomic mass is 10.2. The van der Waals surface area contributed by atoms with Crippen LogP contribution in [0.25, 0.3) is 0 Å². The van der Waals surface area contributed by atoms with Gasteiger partial charge in [0, 0.05) is 10.2 Å². The standard InChI is InChI=1S/C18H16BrFN2O3/c1-12-17(23)21(9-10-25-16-4-2-3-13(19)11-16)18(24)22(12)15-7-5-14(20)6-8-15/h2-8,11-12H,9-10H2,1H3. The minimum Gasteiger partial charge on any atom is -0.492 e. The molecule has 0 bridgehead atoms. The third-order valence-electron chi connectivity index (χ3n) is 3.93. The summed E-state index contributed by atoms with van der Waals surface area (Å²) in [4.78, 5) is 27.5. The van der Waals surface area contributed by atoms with Crippen LogP contribution in [-0.4, -0.2) is 36.0 Å².